The van der Waals surface area contributed by atoms with E-state index < -0.39 is 11.4 Å². The highest BCUT2D eigenvalue weighted by molar-refractivity contribution is 5.76. The minimum absolute atomic E-state index is 0.00466. The van der Waals surface area contributed by atoms with Crippen LogP contribution in [0.1, 0.15) is 113 Å². The van der Waals surface area contributed by atoms with Gasteiger partial charge < -0.3 is 9.84 Å². The van der Waals surface area contributed by atoms with Gasteiger partial charge in [-0.15, -0.1) is 0 Å². The lowest BCUT2D eigenvalue weighted by Crippen LogP contribution is -2.67. The van der Waals surface area contributed by atoms with Crippen LogP contribution >= 0.6 is 0 Å². The second-order valence-electron chi connectivity index (χ2n) is 15.1. The molecule has 4 nitrogen and oxygen atoms in total. The van der Waals surface area contributed by atoms with Crippen LogP contribution in [0.5, 0.6) is 0 Å². The van der Waals surface area contributed by atoms with Crippen molar-refractivity contribution < 1.29 is 19.4 Å². The van der Waals surface area contributed by atoms with Crippen molar-refractivity contribution in [3.05, 3.63) is 12.2 Å². The van der Waals surface area contributed by atoms with Crippen LogP contribution in [0.2, 0.25) is 0 Å². The van der Waals surface area contributed by atoms with E-state index >= 15 is 0 Å². The molecule has 0 amide bonds. The third kappa shape index (κ3) is 3.17. The number of carboxylic acids is 1. The Morgan fingerprint density at radius 3 is 2.11 bits per heavy atom. The second kappa shape index (κ2) is 8.09. The molecule has 202 valence electrons. The Balaban J connectivity index is 1.52. The monoisotopic (exact) mass is 498 g/mol. The molecule has 0 saturated heterocycles. The maximum Gasteiger partial charge on any atom is 0.309 e. The number of esters is 1. The van der Waals surface area contributed by atoms with E-state index in [2.05, 4.69) is 48.1 Å². The number of fused-ring (bicyclic) bond motifs is 7. The number of ether oxygens (including phenoxy) is 1. The SMILES string of the molecule is C=C(C)[C@@H]1CC[C@]2(C(=O)O)CC[C@]3(C)[C@H](CC[C@H]4[C@@]5(C)CC[C@@H](OC(C)=O)C(C)(C)[C@@H]5CC[C@]43C)[C@H]12. The molecule has 5 rings (SSSR count). The first-order valence-corrected chi connectivity index (χ1v) is 14.7. The second-order valence-corrected chi connectivity index (χ2v) is 15.1. The van der Waals surface area contributed by atoms with E-state index in [9.17, 15) is 14.7 Å². The predicted molar refractivity (Wildman–Crippen MR) is 142 cm³/mol. The molecule has 0 bridgehead atoms. The molecular formula is C32H50O4. The van der Waals surface area contributed by atoms with Gasteiger partial charge in [0.25, 0.3) is 0 Å². The van der Waals surface area contributed by atoms with Crippen molar-refractivity contribution in [3.8, 4) is 0 Å². The van der Waals surface area contributed by atoms with Crippen molar-refractivity contribution >= 4 is 11.9 Å². The Morgan fingerprint density at radius 1 is 0.806 bits per heavy atom. The molecule has 36 heavy (non-hydrogen) atoms. The molecule has 5 saturated carbocycles. The van der Waals surface area contributed by atoms with Gasteiger partial charge in [-0.1, -0.05) is 46.8 Å². The summed E-state index contributed by atoms with van der Waals surface area (Å²) in [5.41, 5.74) is 1.20. The van der Waals surface area contributed by atoms with E-state index in [1.165, 1.54) is 24.8 Å². The molecule has 0 spiro atoms. The van der Waals surface area contributed by atoms with Crippen molar-refractivity contribution in [3.63, 3.8) is 0 Å². The third-order valence-corrected chi connectivity index (χ3v) is 13.7. The molecule has 0 heterocycles. The molecule has 10 atom stereocenters. The lowest BCUT2D eigenvalue weighted by molar-refractivity contribution is -0.250. The number of hydrogen-bond donors (Lipinski definition) is 1. The molecule has 1 N–H and O–H groups in total. The van der Waals surface area contributed by atoms with Crippen LogP contribution in [0, 0.1) is 56.7 Å². The number of hydrogen-bond acceptors (Lipinski definition) is 3. The van der Waals surface area contributed by atoms with E-state index in [4.69, 9.17) is 4.74 Å². The molecule has 5 aliphatic carbocycles. The van der Waals surface area contributed by atoms with Gasteiger partial charge in [-0.2, -0.15) is 0 Å². The zero-order valence-corrected chi connectivity index (χ0v) is 23.9. The van der Waals surface area contributed by atoms with Gasteiger partial charge in [-0.3, -0.25) is 9.59 Å². The summed E-state index contributed by atoms with van der Waals surface area (Å²) in [4.78, 5) is 24.7. The van der Waals surface area contributed by atoms with Gasteiger partial charge in [-0.25, -0.2) is 0 Å². The Kier molecular flexibility index (Phi) is 5.91. The maximum atomic E-state index is 12.8. The zero-order valence-electron chi connectivity index (χ0n) is 23.9. The summed E-state index contributed by atoms with van der Waals surface area (Å²) >= 11 is 0. The first-order chi connectivity index (χ1) is 16.6. The topological polar surface area (TPSA) is 63.6 Å². The maximum absolute atomic E-state index is 12.8. The van der Waals surface area contributed by atoms with Gasteiger partial charge in [0, 0.05) is 12.3 Å². The van der Waals surface area contributed by atoms with Crippen LogP contribution in [0.15, 0.2) is 12.2 Å². The smallest absolute Gasteiger partial charge is 0.309 e. The summed E-state index contributed by atoms with van der Waals surface area (Å²) in [6, 6.07) is 0. The average molecular weight is 499 g/mol. The highest BCUT2D eigenvalue weighted by Crippen LogP contribution is 2.77. The van der Waals surface area contributed by atoms with Crippen molar-refractivity contribution in [2.75, 3.05) is 0 Å². The van der Waals surface area contributed by atoms with Crippen molar-refractivity contribution in [1.29, 1.82) is 0 Å². The standard InChI is InChI=1S/C32H50O4/c1-19(2)21-11-16-32(27(34)35)18-17-30(7)22(26(21)32)9-10-24-29(6)14-13-25(36-20(3)33)28(4,5)23(29)12-15-31(24,30)8/h21-26H,1,9-18H2,2-8H3,(H,34,35)/t21-,22+,23-,24-,25+,26-,29-,30+,31+,32-/m0/s1. The van der Waals surface area contributed by atoms with Crippen LogP contribution in [-0.4, -0.2) is 23.1 Å². The van der Waals surface area contributed by atoms with E-state index in [0.29, 0.717) is 23.7 Å². The van der Waals surface area contributed by atoms with Gasteiger partial charge in [0.2, 0.25) is 0 Å². The van der Waals surface area contributed by atoms with Gasteiger partial charge in [0.05, 0.1) is 5.41 Å². The lowest BCUT2D eigenvalue weighted by Gasteiger charge is -2.72. The highest BCUT2D eigenvalue weighted by atomic mass is 16.5. The van der Waals surface area contributed by atoms with E-state index in [-0.39, 0.29) is 39.7 Å². The number of rotatable bonds is 3. The Hall–Kier alpha value is -1.32. The Morgan fingerprint density at radius 2 is 1.50 bits per heavy atom. The molecular weight excluding hydrogens is 448 g/mol. The van der Waals surface area contributed by atoms with E-state index in [1.807, 2.05) is 0 Å². The van der Waals surface area contributed by atoms with Crippen LogP contribution < -0.4 is 0 Å². The Bertz CT molecular complexity index is 967. The minimum Gasteiger partial charge on any atom is -0.481 e. The highest BCUT2D eigenvalue weighted by Gasteiger charge is 2.72. The van der Waals surface area contributed by atoms with Gasteiger partial charge in [-0.05, 0) is 117 Å². The number of aliphatic carboxylic acids is 1. The zero-order chi connectivity index (χ0) is 26.5. The summed E-state index contributed by atoms with van der Waals surface area (Å²) in [5.74, 6) is 1.49. The van der Waals surface area contributed by atoms with Crippen molar-refractivity contribution in [2.24, 2.45) is 56.7 Å². The van der Waals surface area contributed by atoms with Crippen LogP contribution in [-0.2, 0) is 14.3 Å². The fourth-order valence-corrected chi connectivity index (χ4v) is 11.9. The molecule has 5 aliphatic rings. The molecule has 0 radical (unpaired) electrons. The molecule has 0 aromatic rings. The quantitative estimate of drug-likeness (QED) is 0.320. The average Bonchev–Trinajstić information content (AvgIpc) is 3.17. The summed E-state index contributed by atoms with van der Waals surface area (Å²) in [6.07, 6.45) is 10.5. The van der Waals surface area contributed by atoms with Gasteiger partial charge in [0.1, 0.15) is 6.10 Å². The van der Waals surface area contributed by atoms with Crippen LogP contribution in [0.4, 0.5) is 0 Å². The molecule has 0 unspecified atom stereocenters. The number of carboxylic acid groups (broad SMARTS) is 1. The lowest BCUT2D eigenvalue weighted by atomic mass is 9.32. The van der Waals surface area contributed by atoms with E-state index in [0.717, 1.165) is 44.9 Å². The largest absolute Gasteiger partial charge is 0.481 e. The van der Waals surface area contributed by atoms with Gasteiger partial charge in [0.15, 0.2) is 0 Å². The van der Waals surface area contributed by atoms with Crippen LogP contribution in [0.3, 0.4) is 0 Å². The van der Waals surface area contributed by atoms with Crippen molar-refractivity contribution in [2.45, 2.75) is 119 Å². The van der Waals surface area contributed by atoms with Crippen LogP contribution in [0.25, 0.3) is 0 Å². The third-order valence-electron chi connectivity index (χ3n) is 13.7. The number of allylic oxidation sites excluding steroid dienone is 1. The van der Waals surface area contributed by atoms with Crippen molar-refractivity contribution in [1.82, 2.24) is 0 Å². The summed E-state index contributed by atoms with van der Waals surface area (Å²) in [7, 11) is 0. The van der Waals surface area contributed by atoms with Gasteiger partial charge >= 0.3 is 11.9 Å². The fourth-order valence-electron chi connectivity index (χ4n) is 11.9. The molecule has 4 heteroatoms. The fraction of sp³-hybridized carbons (Fsp3) is 0.875. The Labute approximate surface area is 219 Å². The first-order valence-electron chi connectivity index (χ1n) is 14.7. The summed E-state index contributed by atoms with van der Waals surface area (Å²) in [6.45, 7) is 20.4. The van der Waals surface area contributed by atoms with E-state index in [1.54, 1.807) is 6.92 Å². The molecule has 0 aromatic carbocycles. The number of carbonyl (C=O) groups is 2. The summed E-state index contributed by atoms with van der Waals surface area (Å²) in [5, 5.41) is 10.5. The normalized spacial score (nSPS) is 51.2. The first kappa shape index (κ1) is 26.3. The molecule has 0 aliphatic heterocycles. The number of carbonyl (C=O) groups excluding carboxylic acids is 1. The predicted octanol–water partition coefficient (Wildman–Crippen LogP) is 7.66. The minimum atomic E-state index is -0.553. The molecule has 0 aromatic heterocycles. The summed E-state index contributed by atoms with van der Waals surface area (Å²) < 4.78 is 5.88. The molecule has 5 fully saturated rings.